The van der Waals surface area contributed by atoms with Gasteiger partial charge in [0.2, 0.25) is 0 Å². The van der Waals surface area contributed by atoms with Crippen molar-refractivity contribution in [1.29, 1.82) is 0 Å². The van der Waals surface area contributed by atoms with Crippen LogP contribution in [0.2, 0.25) is 0 Å². The van der Waals surface area contributed by atoms with Crippen LogP contribution in [0.3, 0.4) is 0 Å². The Kier molecular flexibility index (Phi) is 4.23. The summed E-state index contributed by atoms with van der Waals surface area (Å²) in [6, 6.07) is 0.913. The van der Waals surface area contributed by atoms with Crippen LogP contribution in [0.1, 0.15) is 17.3 Å². The van der Waals surface area contributed by atoms with Gasteiger partial charge in [0.05, 0.1) is 22.4 Å². The third-order valence-corrected chi connectivity index (χ3v) is 4.22. The van der Waals surface area contributed by atoms with E-state index in [0.29, 0.717) is 26.2 Å². The molecule has 1 saturated heterocycles. The van der Waals surface area contributed by atoms with Crippen molar-refractivity contribution in [3.05, 3.63) is 39.7 Å². The van der Waals surface area contributed by atoms with Gasteiger partial charge in [-0.15, -0.1) is 0 Å². The summed E-state index contributed by atoms with van der Waals surface area (Å²) in [7, 11) is 0. The van der Waals surface area contributed by atoms with Crippen LogP contribution >= 0.6 is 0 Å². The average Bonchev–Trinajstić information content (AvgIpc) is 2.56. The molecule has 0 aliphatic carbocycles. The van der Waals surface area contributed by atoms with Crippen LogP contribution in [0.5, 0.6) is 0 Å². The van der Waals surface area contributed by atoms with E-state index in [1.54, 1.807) is 11.8 Å². The largest absolute Gasteiger partial charge is 0.545 e. The molecule has 0 atom stereocenters. The van der Waals surface area contributed by atoms with Crippen molar-refractivity contribution >= 4 is 22.6 Å². The minimum Gasteiger partial charge on any atom is -0.545 e. The lowest BCUT2D eigenvalue weighted by Crippen LogP contribution is -2.44. The fourth-order valence-corrected chi connectivity index (χ4v) is 3.05. The molecule has 8 heteroatoms. The third kappa shape index (κ3) is 2.52. The van der Waals surface area contributed by atoms with Crippen molar-refractivity contribution in [1.82, 2.24) is 9.88 Å². The fraction of sp³-hybridized carbons (Fsp3) is 0.375. The molecule has 24 heavy (non-hydrogen) atoms. The van der Waals surface area contributed by atoms with Crippen molar-refractivity contribution in [3.8, 4) is 0 Å². The maximum Gasteiger partial charge on any atom is 0.198 e. The molecule has 0 amide bonds. The predicted molar refractivity (Wildman–Crippen MR) is 83.2 cm³/mol. The first-order valence-corrected chi connectivity index (χ1v) is 7.67. The average molecular weight is 336 g/mol. The van der Waals surface area contributed by atoms with Crippen LogP contribution in [0.15, 0.2) is 17.1 Å². The first kappa shape index (κ1) is 16.4. The maximum atomic E-state index is 15.0. The molecule has 1 fully saturated rings. The Balaban J connectivity index is 2.34. The summed E-state index contributed by atoms with van der Waals surface area (Å²) in [5, 5.41) is 13.9. The number of aromatic carboxylic acids is 1. The lowest BCUT2D eigenvalue weighted by Gasteiger charge is -2.30. The lowest BCUT2D eigenvalue weighted by atomic mass is 10.1. The van der Waals surface area contributed by atoms with E-state index in [1.807, 2.05) is 0 Å². The van der Waals surface area contributed by atoms with Gasteiger partial charge in [-0.3, -0.25) is 4.79 Å². The minimum absolute atomic E-state index is 0.0950. The minimum atomic E-state index is -1.67. The summed E-state index contributed by atoms with van der Waals surface area (Å²) in [6.45, 7) is 3.97. The Labute approximate surface area is 136 Å². The molecule has 1 aliphatic rings. The van der Waals surface area contributed by atoms with Crippen molar-refractivity contribution in [3.63, 3.8) is 0 Å². The van der Waals surface area contributed by atoms with E-state index < -0.39 is 28.6 Å². The number of nitrogens with zero attached hydrogens (tertiary/aromatic N) is 2. The van der Waals surface area contributed by atoms with Gasteiger partial charge in [0.15, 0.2) is 11.2 Å². The second kappa shape index (κ2) is 6.20. The topological polar surface area (TPSA) is 77.4 Å². The molecule has 1 aliphatic heterocycles. The highest BCUT2D eigenvalue weighted by Gasteiger charge is 2.24. The normalized spacial score (nSPS) is 15.0. The number of benzene rings is 1. The van der Waals surface area contributed by atoms with Gasteiger partial charge in [-0.2, -0.15) is 0 Å². The Bertz CT molecular complexity index is 873. The Morgan fingerprint density at radius 3 is 2.58 bits per heavy atom. The van der Waals surface area contributed by atoms with Gasteiger partial charge in [-0.1, -0.05) is 0 Å². The second-order valence-corrected chi connectivity index (χ2v) is 5.60. The summed E-state index contributed by atoms with van der Waals surface area (Å²) < 4.78 is 30.8. The number of halogens is 2. The zero-order chi connectivity index (χ0) is 17.4. The summed E-state index contributed by atoms with van der Waals surface area (Å²) >= 11 is 0. The smallest absolute Gasteiger partial charge is 0.198 e. The van der Waals surface area contributed by atoms with Gasteiger partial charge in [0.25, 0.3) is 0 Å². The predicted octanol–water partition coefficient (Wildman–Crippen LogP) is 0.0727. The van der Waals surface area contributed by atoms with Gasteiger partial charge in [0, 0.05) is 38.9 Å². The van der Waals surface area contributed by atoms with Gasteiger partial charge in [-0.25, -0.2) is 8.78 Å². The van der Waals surface area contributed by atoms with Crippen LogP contribution in [-0.2, 0) is 6.54 Å². The number of fused-ring (bicyclic) bond motifs is 1. The fourth-order valence-electron chi connectivity index (χ4n) is 3.05. The molecular formula is C16H16F2N3O3-. The molecule has 6 nitrogen and oxygen atoms in total. The molecule has 0 spiro atoms. The standard InChI is InChI=1S/C16H17F2N3O3/c1-2-20-8-10(16(23)24)15(22)9-7-11(17)14(12(18)13(9)20)21-5-3-19-4-6-21/h7-8,19H,2-6H2,1H3,(H,23,24)/p-1. The van der Waals surface area contributed by atoms with Gasteiger partial charge >= 0.3 is 0 Å². The number of rotatable bonds is 3. The number of aryl methyl sites for hydroxylation is 1. The number of carboxylic acids is 1. The van der Waals surface area contributed by atoms with E-state index in [0.717, 1.165) is 12.3 Å². The van der Waals surface area contributed by atoms with Crippen LogP contribution in [-0.4, -0.2) is 36.7 Å². The summed E-state index contributed by atoms with van der Waals surface area (Å²) in [5.41, 5.74) is -1.84. The molecule has 0 saturated carbocycles. The first-order valence-electron chi connectivity index (χ1n) is 7.67. The van der Waals surface area contributed by atoms with Gasteiger partial charge < -0.3 is 24.7 Å². The van der Waals surface area contributed by atoms with E-state index in [-0.39, 0.29) is 23.1 Å². The highest BCUT2D eigenvalue weighted by atomic mass is 19.1. The quantitative estimate of drug-likeness (QED) is 0.858. The number of carbonyl (C=O) groups excluding carboxylic acids is 1. The molecule has 1 aromatic carbocycles. The SMILES string of the molecule is CCn1cc(C(=O)[O-])c(=O)c2cc(F)c(N3CCNCC3)c(F)c21. The molecule has 3 rings (SSSR count). The van der Waals surface area contributed by atoms with E-state index >= 15 is 4.39 Å². The van der Waals surface area contributed by atoms with E-state index in [9.17, 15) is 19.1 Å². The highest BCUT2D eigenvalue weighted by Crippen LogP contribution is 2.30. The number of aromatic nitrogens is 1. The van der Waals surface area contributed by atoms with Gasteiger partial charge in [0.1, 0.15) is 11.5 Å². The maximum absolute atomic E-state index is 15.0. The summed E-state index contributed by atoms with van der Waals surface area (Å²) in [4.78, 5) is 24.9. The number of anilines is 1. The number of hydrogen-bond donors (Lipinski definition) is 1. The van der Waals surface area contributed by atoms with Crippen LogP contribution in [0.4, 0.5) is 14.5 Å². The molecular weight excluding hydrogens is 320 g/mol. The number of hydrogen-bond acceptors (Lipinski definition) is 5. The Morgan fingerprint density at radius 1 is 1.33 bits per heavy atom. The molecule has 2 heterocycles. The Hall–Kier alpha value is -2.48. The van der Waals surface area contributed by atoms with Crippen LogP contribution in [0, 0.1) is 11.6 Å². The third-order valence-electron chi connectivity index (χ3n) is 4.22. The lowest BCUT2D eigenvalue weighted by molar-refractivity contribution is -0.255. The number of piperazine rings is 1. The number of carboxylic acid groups (broad SMARTS) is 1. The number of carbonyl (C=O) groups is 1. The molecule has 1 aromatic heterocycles. The first-order chi connectivity index (χ1) is 11.5. The van der Waals surface area contributed by atoms with Crippen molar-refractivity contribution in [2.24, 2.45) is 0 Å². The van der Waals surface area contributed by atoms with Crippen LogP contribution < -0.4 is 20.8 Å². The molecule has 128 valence electrons. The molecule has 0 unspecified atom stereocenters. The zero-order valence-corrected chi connectivity index (χ0v) is 13.1. The van der Waals surface area contributed by atoms with E-state index in [4.69, 9.17) is 0 Å². The monoisotopic (exact) mass is 336 g/mol. The number of pyridine rings is 1. The second-order valence-electron chi connectivity index (χ2n) is 5.60. The Morgan fingerprint density at radius 2 is 2.00 bits per heavy atom. The molecule has 0 bridgehead atoms. The van der Waals surface area contributed by atoms with Crippen molar-refractivity contribution in [2.75, 3.05) is 31.1 Å². The highest BCUT2D eigenvalue weighted by molar-refractivity contribution is 5.92. The summed E-state index contributed by atoms with van der Waals surface area (Å²) in [6.07, 6.45) is 1.04. The van der Waals surface area contributed by atoms with Crippen LogP contribution in [0.25, 0.3) is 10.9 Å². The van der Waals surface area contributed by atoms with E-state index in [2.05, 4.69) is 5.32 Å². The zero-order valence-electron chi connectivity index (χ0n) is 13.1. The van der Waals surface area contributed by atoms with Crippen molar-refractivity contribution < 1.29 is 18.7 Å². The summed E-state index contributed by atoms with van der Waals surface area (Å²) in [5.74, 6) is -3.40. The molecule has 2 aromatic rings. The van der Waals surface area contributed by atoms with Gasteiger partial charge in [-0.05, 0) is 13.0 Å². The van der Waals surface area contributed by atoms with E-state index in [1.165, 1.54) is 4.57 Å². The molecule has 0 radical (unpaired) electrons. The van der Waals surface area contributed by atoms with Crippen molar-refractivity contribution in [2.45, 2.75) is 13.5 Å². The number of nitrogens with one attached hydrogen (secondary N) is 1. The molecule has 1 N–H and O–H groups in total.